The van der Waals surface area contributed by atoms with Gasteiger partial charge in [-0.15, -0.1) is 0 Å². The van der Waals surface area contributed by atoms with Gasteiger partial charge in [-0.3, -0.25) is 19.7 Å². The first-order valence-electron chi connectivity index (χ1n) is 8.72. The molecule has 0 aromatic heterocycles. The fourth-order valence-corrected chi connectivity index (χ4v) is 2.73. The second-order valence-electron chi connectivity index (χ2n) is 6.06. The predicted octanol–water partition coefficient (Wildman–Crippen LogP) is 3.95. The molecule has 0 atom stereocenters. The number of nitro groups is 1. The monoisotopic (exact) mass is 390 g/mol. The van der Waals surface area contributed by atoms with Gasteiger partial charge in [0, 0.05) is 24.4 Å². The summed E-state index contributed by atoms with van der Waals surface area (Å²) >= 11 is 0. The molecule has 3 aromatic rings. The van der Waals surface area contributed by atoms with Crippen LogP contribution >= 0.6 is 0 Å². The molecule has 0 heterocycles. The summed E-state index contributed by atoms with van der Waals surface area (Å²) in [6, 6.07) is 19.7. The molecule has 8 nitrogen and oxygen atoms in total. The molecule has 3 aromatic carbocycles. The number of hydrogen-bond acceptors (Lipinski definition) is 5. The highest BCUT2D eigenvalue weighted by Crippen LogP contribution is 2.29. The molecule has 0 aliphatic carbocycles. The number of nitro benzene ring substituents is 1. The third kappa shape index (κ3) is 4.56. The van der Waals surface area contributed by atoms with Crippen molar-refractivity contribution in [1.82, 2.24) is 5.32 Å². The Labute approximate surface area is 166 Å². The van der Waals surface area contributed by atoms with Crippen LogP contribution < -0.4 is 16.0 Å². The molecule has 0 aliphatic heterocycles. The Morgan fingerprint density at radius 2 is 1.55 bits per heavy atom. The summed E-state index contributed by atoms with van der Waals surface area (Å²) in [6.45, 7) is 0. The molecular formula is C21H18N4O4. The number of hydrogen-bond donors (Lipinski definition) is 3. The van der Waals surface area contributed by atoms with E-state index in [4.69, 9.17) is 0 Å². The van der Waals surface area contributed by atoms with E-state index < -0.39 is 10.8 Å². The third-order valence-corrected chi connectivity index (χ3v) is 4.16. The molecule has 0 unspecified atom stereocenters. The molecule has 29 heavy (non-hydrogen) atoms. The van der Waals surface area contributed by atoms with Crippen molar-refractivity contribution in [3.8, 4) is 0 Å². The SMILES string of the molecule is CNC(=O)c1ccccc1NC(=O)c1ccc(Nc2ccccc2)c([N+](=O)[O-])c1. The summed E-state index contributed by atoms with van der Waals surface area (Å²) in [5, 5.41) is 19.6. The zero-order chi connectivity index (χ0) is 20.8. The lowest BCUT2D eigenvalue weighted by atomic mass is 10.1. The zero-order valence-electron chi connectivity index (χ0n) is 15.5. The molecule has 8 heteroatoms. The van der Waals surface area contributed by atoms with Gasteiger partial charge in [0.25, 0.3) is 17.5 Å². The van der Waals surface area contributed by atoms with Crippen molar-refractivity contribution in [3.05, 3.63) is 94.0 Å². The van der Waals surface area contributed by atoms with Gasteiger partial charge in [0.1, 0.15) is 5.69 Å². The summed E-state index contributed by atoms with van der Waals surface area (Å²) < 4.78 is 0. The molecule has 0 saturated carbocycles. The van der Waals surface area contributed by atoms with Crippen molar-refractivity contribution in [2.24, 2.45) is 0 Å². The number of anilines is 3. The molecule has 0 saturated heterocycles. The molecule has 0 spiro atoms. The molecule has 0 aliphatic rings. The Hall–Kier alpha value is -4.20. The highest BCUT2D eigenvalue weighted by Gasteiger charge is 2.19. The van der Waals surface area contributed by atoms with Crippen LogP contribution in [-0.2, 0) is 0 Å². The average Bonchev–Trinajstić information content (AvgIpc) is 2.74. The lowest BCUT2D eigenvalue weighted by molar-refractivity contribution is -0.383. The van der Waals surface area contributed by atoms with Crippen LogP contribution in [0.3, 0.4) is 0 Å². The van der Waals surface area contributed by atoms with Crippen LogP contribution in [0.1, 0.15) is 20.7 Å². The van der Waals surface area contributed by atoms with E-state index >= 15 is 0 Å². The van der Waals surface area contributed by atoms with E-state index in [1.807, 2.05) is 6.07 Å². The molecule has 0 fully saturated rings. The fourth-order valence-electron chi connectivity index (χ4n) is 2.73. The van der Waals surface area contributed by atoms with Gasteiger partial charge in [-0.05, 0) is 36.4 Å². The first-order valence-corrected chi connectivity index (χ1v) is 8.72. The van der Waals surface area contributed by atoms with Crippen LogP contribution in [0.25, 0.3) is 0 Å². The molecule has 3 rings (SSSR count). The molecule has 0 radical (unpaired) electrons. The number of carbonyl (C=O) groups is 2. The van der Waals surface area contributed by atoms with Gasteiger partial charge in [-0.1, -0.05) is 30.3 Å². The minimum absolute atomic E-state index is 0.0991. The summed E-state index contributed by atoms with van der Waals surface area (Å²) in [5.41, 5.74) is 1.42. The Bertz CT molecular complexity index is 1070. The summed E-state index contributed by atoms with van der Waals surface area (Å²) in [4.78, 5) is 35.5. The van der Waals surface area contributed by atoms with Crippen LogP contribution in [0, 0.1) is 10.1 Å². The van der Waals surface area contributed by atoms with Crippen LogP contribution in [0.15, 0.2) is 72.8 Å². The summed E-state index contributed by atoms with van der Waals surface area (Å²) in [6.07, 6.45) is 0. The summed E-state index contributed by atoms with van der Waals surface area (Å²) in [5.74, 6) is -0.912. The van der Waals surface area contributed by atoms with Crippen molar-refractivity contribution >= 4 is 34.6 Å². The fraction of sp³-hybridized carbons (Fsp3) is 0.0476. The van der Waals surface area contributed by atoms with E-state index in [0.29, 0.717) is 16.9 Å². The van der Waals surface area contributed by atoms with E-state index in [0.717, 1.165) is 0 Å². The van der Waals surface area contributed by atoms with E-state index in [-0.39, 0.29) is 22.8 Å². The number of nitrogens with zero attached hydrogens (tertiary/aromatic N) is 1. The van der Waals surface area contributed by atoms with Crippen LogP contribution in [0.5, 0.6) is 0 Å². The van der Waals surface area contributed by atoms with E-state index in [9.17, 15) is 19.7 Å². The van der Waals surface area contributed by atoms with Crippen molar-refractivity contribution in [1.29, 1.82) is 0 Å². The lowest BCUT2D eigenvalue weighted by Gasteiger charge is -2.11. The van der Waals surface area contributed by atoms with Crippen molar-refractivity contribution < 1.29 is 14.5 Å². The van der Waals surface area contributed by atoms with Gasteiger partial charge in [0.05, 0.1) is 16.2 Å². The highest BCUT2D eigenvalue weighted by atomic mass is 16.6. The lowest BCUT2D eigenvalue weighted by Crippen LogP contribution is -2.21. The van der Waals surface area contributed by atoms with Gasteiger partial charge in [0.2, 0.25) is 0 Å². The van der Waals surface area contributed by atoms with Gasteiger partial charge < -0.3 is 16.0 Å². The molecular weight excluding hydrogens is 372 g/mol. The topological polar surface area (TPSA) is 113 Å². The van der Waals surface area contributed by atoms with Crippen molar-refractivity contribution in [2.75, 3.05) is 17.7 Å². The maximum Gasteiger partial charge on any atom is 0.293 e. The van der Waals surface area contributed by atoms with E-state index in [1.54, 1.807) is 48.5 Å². The van der Waals surface area contributed by atoms with Crippen LogP contribution in [-0.4, -0.2) is 23.8 Å². The maximum atomic E-state index is 12.6. The van der Waals surface area contributed by atoms with Gasteiger partial charge in [-0.25, -0.2) is 0 Å². The van der Waals surface area contributed by atoms with Crippen LogP contribution in [0.2, 0.25) is 0 Å². The average molecular weight is 390 g/mol. The second-order valence-corrected chi connectivity index (χ2v) is 6.06. The Balaban J connectivity index is 1.88. The predicted molar refractivity (Wildman–Crippen MR) is 111 cm³/mol. The Morgan fingerprint density at radius 3 is 2.24 bits per heavy atom. The van der Waals surface area contributed by atoms with Gasteiger partial charge in [-0.2, -0.15) is 0 Å². The largest absolute Gasteiger partial charge is 0.355 e. The van der Waals surface area contributed by atoms with Gasteiger partial charge in [0.15, 0.2) is 0 Å². The standard InChI is InChI=1S/C21H18N4O4/c1-22-21(27)16-9-5-6-10-17(16)24-20(26)14-11-12-18(19(13-14)25(28)29)23-15-7-3-2-4-8-15/h2-13,23H,1H3,(H,22,27)(H,24,26). The molecule has 3 N–H and O–H groups in total. The van der Waals surface area contributed by atoms with E-state index in [1.165, 1.54) is 25.2 Å². The van der Waals surface area contributed by atoms with E-state index in [2.05, 4.69) is 16.0 Å². The second kappa shape index (κ2) is 8.66. The minimum Gasteiger partial charge on any atom is -0.355 e. The van der Waals surface area contributed by atoms with Gasteiger partial charge >= 0.3 is 0 Å². The Kier molecular flexibility index (Phi) is 5.84. The molecule has 0 bridgehead atoms. The first-order chi connectivity index (χ1) is 14.0. The van der Waals surface area contributed by atoms with Crippen molar-refractivity contribution in [3.63, 3.8) is 0 Å². The van der Waals surface area contributed by atoms with Crippen molar-refractivity contribution in [2.45, 2.75) is 0 Å². The smallest absolute Gasteiger partial charge is 0.293 e. The minimum atomic E-state index is -0.560. The highest BCUT2D eigenvalue weighted by molar-refractivity contribution is 6.09. The number of rotatable bonds is 6. The maximum absolute atomic E-state index is 12.6. The molecule has 146 valence electrons. The third-order valence-electron chi connectivity index (χ3n) is 4.16. The summed E-state index contributed by atoms with van der Waals surface area (Å²) in [7, 11) is 1.49. The number of benzene rings is 3. The Morgan fingerprint density at radius 1 is 0.862 bits per heavy atom. The number of amides is 2. The molecule has 2 amide bonds. The first kappa shape index (κ1) is 19.6. The van der Waals surface area contributed by atoms with Crippen LogP contribution in [0.4, 0.5) is 22.7 Å². The number of nitrogens with one attached hydrogen (secondary N) is 3. The number of carbonyl (C=O) groups excluding carboxylic acids is 2. The zero-order valence-corrected chi connectivity index (χ0v) is 15.5. The quantitative estimate of drug-likeness (QED) is 0.436. The number of para-hydroxylation sites is 2. The normalized spacial score (nSPS) is 10.1.